The van der Waals surface area contributed by atoms with E-state index in [1.807, 2.05) is 44.2 Å². The summed E-state index contributed by atoms with van der Waals surface area (Å²) < 4.78 is 0. The van der Waals surface area contributed by atoms with Gasteiger partial charge in [-0.3, -0.25) is 4.79 Å². The number of nitrogens with one attached hydrogen (secondary N) is 1. The van der Waals surface area contributed by atoms with Crippen LogP contribution in [-0.2, 0) is 4.79 Å². The van der Waals surface area contributed by atoms with Crippen LogP contribution in [0.2, 0.25) is 0 Å². The minimum atomic E-state index is -0.00779. The molecule has 25 heavy (non-hydrogen) atoms. The molecule has 6 heteroatoms. The van der Waals surface area contributed by atoms with Gasteiger partial charge >= 0.3 is 0 Å². The van der Waals surface area contributed by atoms with Gasteiger partial charge in [0.2, 0.25) is 5.91 Å². The van der Waals surface area contributed by atoms with E-state index in [0.717, 1.165) is 26.6 Å². The van der Waals surface area contributed by atoms with E-state index in [4.69, 9.17) is 0 Å². The number of carbonyl (C=O) groups is 1. The Hall–Kier alpha value is -1.92. The number of amides is 1. The number of aromatic nitrogens is 2. The summed E-state index contributed by atoms with van der Waals surface area (Å²) >= 11 is 3.16. The third kappa shape index (κ3) is 4.02. The summed E-state index contributed by atoms with van der Waals surface area (Å²) in [7, 11) is 0. The number of hydrogen-bond donors (Lipinski definition) is 1. The number of fused-ring (bicyclic) bond motifs is 1. The first-order valence-electron chi connectivity index (χ1n) is 8.17. The molecule has 130 valence electrons. The van der Waals surface area contributed by atoms with Crippen molar-refractivity contribution in [2.45, 2.75) is 38.8 Å². The Bertz CT molecular complexity index is 906. The highest BCUT2D eigenvalue weighted by Gasteiger charge is 2.16. The highest BCUT2D eigenvalue weighted by atomic mass is 32.2. The summed E-state index contributed by atoms with van der Waals surface area (Å²) in [5, 5.41) is 5.03. The van der Waals surface area contributed by atoms with E-state index < -0.39 is 0 Å². The van der Waals surface area contributed by atoms with Gasteiger partial charge in [0.1, 0.15) is 15.7 Å². The first-order chi connectivity index (χ1) is 12.0. The van der Waals surface area contributed by atoms with Crippen LogP contribution in [0, 0.1) is 20.8 Å². The van der Waals surface area contributed by atoms with E-state index >= 15 is 0 Å². The van der Waals surface area contributed by atoms with Crippen LogP contribution in [0.1, 0.15) is 34.8 Å². The van der Waals surface area contributed by atoms with E-state index in [2.05, 4.69) is 29.1 Å². The van der Waals surface area contributed by atoms with Crippen molar-refractivity contribution in [1.29, 1.82) is 0 Å². The summed E-state index contributed by atoms with van der Waals surface area (Å²) in [5.74, 6) is 1.10. The Balaban J connectivity index is 1.71. The normalized spacial score (nSPS) is 12.3. The molecule has 2 aromatic heterocycles. The maximum Gasteiger partial charge on any atom is 0.230 e. The maximum atomic E-state index is 12.3. The van der Waals surface area contributed by atoms with Gasteiger partial charge in [-0.05, 0) is 38.8 Å². The molecule has 0 saturated carbocycles. The van der Waals surface area contributed by atoms with Crippen molar-refractivity contribution < 1.29 is 4.79 Å². The average molecular weight is 372 g/mol. The number of thioether (sulfide) groups is 1. The SMILES string of the molecule is Cc1nc(SCC(=O)N[C@@H](C)c2ccccc2)c2c(C)c(C)sc2n1. The van der Waals surface area contributed by atoms with Gasteiger partial charge in [-0.15, -0.1) is 11.3 Å². The van der Waals surface area contributed by atoms with Gasteiger partial charge in [-0.2, -0.15) is 0 Å². The maximum absolute atomic E-state index is 12.3. The van der Waals surface area contributed by atoms with Crippen molar-refractivity contribution in [3.8, 4) is 0 Å². The van der Waals surface area contributed by atoms with Gasteiger partial charge in [0.25, 0.3) is 0 Å². The predicted molar refractivity (Wildman–Crippen MR) is 105 cm³/mol. The first kappa shape index (κ1) is 17.9. The number of benzene rings is 1. The lowest BCUT2D eigenvalue weighted by molar-refractivity contribution is -0.119. The lowest BCUT2D eigenvalue weighted by Crippen LogP contribution is -2.28. The molecule has 0 radical (unpaired) electrons. The van der Waals surface area contributed by atoms with Crippen molar-refractivity contribution in [2.75, 3.05) is 5.75 Å². The fourth-order valence-electron chi connectivity index (χ4n) is 2.66. The molecule has 0 aliphatic carbocycles. The Labute approximate surface area is 156 Å². The summed E-state index contributed by atoms with van der Waals surface area (Å²) in [6.45, 7) is 8.08. The number of carbonyl (C=O) groups excluding carboxylic acids is 1. The fraction of sp³-hybridized carbons (Fsp3) is 0.316. The van der Waals surface area contributed by atoms with E-state index in [0.29, 0.717) is 5.75 Å². The molecular formula is C19H21N3OS2. The predicted octanol–water partition coefficient (Wildman–Crippen LogP) is 4.59. The van der Waals surface area contributed by atoms with Crippen LogP contribution in [-0.4, -0.2) is 21.6 Å². The van der Waals surface area contributed by atoms with Crippen LogP contribution in [0.15, 0.2) is 35.4 Å². The smallest absolute Gasteiger partial charge is 0.230 e. The molecule has 1 N–H and O–H groups in total. The molecule has 3 aromatic rings. The number of aryl methyl sites for hydroxylation is 3. The van der Waals surface area contributed by atoms with Crippen molar-refractivity contribution in [2.24, 2.45) is 0 Å². The van der Waals surface area contributed by atoms with Gasteiger partial charge in [0.15, 0.2) is 0 Å². The standard InChI is InChI=1S/C19H21N3OS2/c1-11-13(3)25-19-17(11)18(21-14(4)22-19)24-10-16(23)20-12(2)15-8-6-5-7-9-15/h5-9,12H,10H2,1-4H3,(H,20,23)/t12-/m0/s1. The lowest BCUT2D eigenvalue weighted by atomic mass is 10.1. The van der Waals surface area contributed by atoms with E-state index in [9.17, 15) is 4.79 Å². The van der Waals surface area contributed by atoms with Crippen LogP contribution in [0.3, 0.4) is 0 Å². The molecule has 3 rings (SSSR count). The lowest BCUT2D eigenvalue weighted by Gasteiger charge is -2.14. The summed E-state index contributed by atoms with van der Waals surface area (Å²) in [5.41, 5.74) is 2.31. The zero-order valence-electron chi connectivity index (χ0n) is 14.8. The average Bonchev–Trinajstić information content (AvgIpc) is 2.87. The largest absolute Gasteiger partial charge is 0.349 e. The monoisotopic (exact) mass is 371 g/mol. The summed E-state index contributed by atoms with van der Waals surface area (Å²) in [6, 6.07) is 9.97. The van der Waals surface area contributed by atoms with Crippen LogP contribution in [0.25, 0.3) is 10.2 Å². The zero-order chi connectivity index (χ0) is 18.0. The molecule has 0 spiro atoms. The topological polar surface area (TPSA) is 54.9 Å². The second-order valence-corrected chi connectivity index (χ2v) is 8.20. The fourth-order valence-corrected chi connectivity index (χ4v) is 4.74. The van der Waals surface area contributed by atoms with Crippen molar-refractivity contribution in [3.05, 3.63) is 52.2 Å². The Morgan fingerprint density at radius 2 is 1.92 bits per heavy atom. The Morgan fingerprint density at radius 1 is 1.20 bits per heavy atom. The number of thiophene rings is 1. The number of hydrogen-bond acceptors (Lipinski definition) is 5. The molecule has 4 nitrogen and oxygen atoms in total. The second kappa shape index (κ2) is 7.54. The molecule has 0 unspecified atom stereocenters. The summed E-state index contributed by atoms with van der Waals surface area (Å²) in [4.78, 5) is 23.7. The zero-order valence-corrected chi connectivity index (χ0v) is 16.4. The van der Waals surface area contributed by atoms with Gasteiger partial charge < -0.3 is 5.32 Å². The molecule has 1 aromatic carbocycles. The van der Waals surface area contributed by atoms with E-state index in [1.165, 1.54) is 22.2 Å². The third-order valence-electron chi connectivity index (χ3n) is 4.12. The third-order valence-corrected chi connectivity index (χ3v) is 6.20. The van der Waals surface area contributed by atoms with Crippen molar-refractivity contribution in [3.63, 3.8) is 0 Å². The van der Waals surface area contributed by atoms with E-state index in [1.54, 1.807) is 11.3 Å². The van der Waals surface area contributed by atoms with Gasteiger partial charge in [0.05, 0.1) is 11.8 Å². The molecule has 1 atom stereocenters. The van der Waals surface area contributed by atoms with E-state index in [-0.39, 0.29) is 11.9 Å². The minimum Gasteiger partial charge on any atom is -0.349 e. The van der Waals surface area contributed by atoms with Crippen LogP contribution in [0.5, 0.6) is 0 Å². The Morgan fingerprint density at radius 3 is 2.64 bits per heavy atom. The molecule has 0 bridgehead atoms. The van der Waals surface area contributed by atoms with Crippen molar-refractivity contribution in [1.82, 2.24) is 15.3 Å². The number of nitrogens with zero attached hydrogens (tertiary/aromatic N) is 2. The molecule has 2 heterocycles. The molecule has 1 amide bonds. The molecule has 0 aliphatic heterocycles. The quantitative estimate of drug-likeness (QED) is 0.527. The van der Waals surface area contributed by atoms with Gasteiger partial charge in [0, 0.05) is 10.3 Å². The summed E-state index contributed by atoms with van der Waals surface area (Å²) in [6.07, 6.45) is 0. The van der Waals surface area contributed by atoms with Crippen molar-refractivity contribution >= 4 is 39.2 Å². The molecule has 0 aliphatic rings. The molecule has 0 saturated heterocycles. The highest BCUT2D eigenvalue weighted by Crippen LogP contribution is 2.35. The molecular weight excluding hydrogens is 350 g/mol. The first-order valence-corrected chi connectivity index (χ1v) is 9.97. The minimum absolute atomic E-state index is 0.00779. The highest BCUT2D eigenvalue weighted by molar-refractivity contribution is 8.00. The Kier molecular flexibility index (Phi) is 5.39. The number of rotatable bonds is 5. The second-order valence-electron chi connectivity index (χ2n) is 6.03. The molecule has 0 fully saturated rings. The van der Waals surface area contributed by atoms with Gasteiger partial charge in [-0.25, -0.2) is 9.97 Å². The van der Waals surface area contributed by atoms with Crippen LogP contribution < -0.4 is 5.32 Å². The van der Waals surface area contributed by atoms with Crippen LogP contribution >= 0.6 is 23.1 Å². The van der Waals surface area contributed by atoms with Crippen LogP contribution in [0.4, 0.5) is 0 Å². The van der Waals surface area contributed by atoms with Gasteiger partial charge in [-0.1, -0.05) is 42.1 Å².